The number of rotatable bonds is 8. The van der Waals surface area contributed by atoms with E-state index in [0.717, 1.165) is 50.9 Å². The maximum Gasteiger partial charge on any atom is 0.164 e. The van der Waals surface area contributed by atoms with E-state index in [0.29, 0.717) is 17.5 Å². The molecule has 0 N–H and O–H groups in total. The normalized spacial score (nSPS) is 11.5. The van der Waals surface area contributed by atoms with Gasteiger partial charge in [0.15, 0.2) is 17.5 Å². The van der Waals surface area contributed by atoms with Crippen molar-refractivity contribution in [3.8, 4) is 101 Å². The lowest BCUT2D eigenvalue weighted by Gasteiger charge is -2.15. The summed E-state index contributed by atoms with van der Waals surface area (Å²) in [5.41, 5.74) is 19.8. The molecule has 0 radical (unpaired) electrons. The molecule has 0 unspecified atom stereocenters. The highest BCUT2D eigenvalue weighted by atomic mass is 15.0. The molecule has 1 aromatic heterocycles. The molecule has 0 spiro atoms. The van der Waals surface area contributed by atoms with Crippen LogP contribution in [-0.2, 0) is 6.42 Å². The Morgan fingerprint density at radius 2 is 0.557 bits per heavy atom. The molecule has 3 nitrogen and oxygen atoms in total. The van der Waals surface area contributed by atoms with E-state index in [4.69, 9.17) is 15.0 Å². The molecule has 286 valence electrons. The third-order valence-corrected chi connectivity index (χ3v) is 11.8. The van der Waals surface area contributed by atoms with Crippen LogP contribution >= 0.6 is 0 Å². The number of hydrogen-bond donors (Lipinski definition) is 0. The minimum atomic E-state index is 0.625. The Hall–Kier alpha value is -8.01. The van der Waals surface area contributed by atoms with E-state index in [1.165, 1.54) is 50.1 Å². The van der Waals surface area contributed by atoms with E-state index in [-0.39, 0.29) is 0 Å². The van der Waals surface area contributed by atoms with Gasteiger partial charge in [-0.3, -0.25) is 0 Å². The molecule has 0 aliphatic heterocycles. The summed E-state index contributed by atoms with van der Waals surface area (Å²) in [4.78, 5) is 15.6. The van der Waals surface area contributed by atoms with Gasteiger partial charge in [0.2, 0.25) is 0 Å². The van der Waals surface area contributed by atoms with Crippen LogP contribution in [0, 0.1) is 0 Å². The van der Waals surface area contributed by atoms with Crippen molar-refractivity contribution in [1.82, 2.24) is 15.0 Å². The first-order valence-electron chi connectivity index (χ1n) is 20.8. The van der Waals surface area contributed by atoms with Gasteiger partial charge in [0.05, 0.1) is 0 Å². The first kappa shape index (κ1) is 36.1. The Bertz CT molecular complexity index is 3180. The van der Waals surface area contributed by atoms with Gasteiger partial charge in [-0.2, -0.15) is 0 Å². The molecule has 11 rings (SSSR count). The zero-order valence-electron chi connectivity index (χ0n) is 33.4. The van der Waals surface area contributed by atoms with Crippen LogP contribution in [0.5, 0.6) is 0 Å². The van der Waals surface area contributed by atoms with Crippen molar-refractivity contribution < 1.29 is 0 Å². The number of aromatic nitrogens is 3. The molecule has 1 aliphatic carbocycles. The second kappa shape index (κ2) is 15.6. The van der Waals surface area contributed by atoms with E-state index < -0.39 is 0 Å². The summed E-state index contributed by atoms with van der Waals surface area (Å²) >= 11 is 0. The molecule has 0 saturated heterocycles. The van der Waals surface area contributed by atoms with Gasteiger partial charge in [0.25, 0.3) is 0 Å². The van der Waals surface area contributed by atoms with Crippen molar-refractivity contribution in [3.63, 3.8) is 0 Å². The average molecular weight is 778 g/mol. The second-order valence-electron chi connectivity index (χ2n) is 15.6. The maximum atomic E-state index is 5.29. The molecule has 0 fully saturated rings. The van der Waals surface area contributed by atoms with E-state index in [1.54, 1.807) is 0 Å². The maximum absolute atomic E-state index is 5.29. The van der Waals surface area contributed by atoms with E-state index in [2.05, 4.69) is 200 Å². The molecule has 61 heavy (non-hydrogen) atoms. The monoisotopic (exact) mass is 777 g/mol. The predicted octanol–water partition coefficient (Wildman–Crippen LogP) is 14.8. The molecule has 9 aromatic carbocycles. The third kappa shape index (κ3) is 7.03. The highest BCUT2D eigenvalue weighted by molar-refractivity contribution is 5.91. The van der Waals surface area contributed by atoms with Crippen LogP contribution in [0.25, 0.3) is 101 Å². The quantitative estimate of drug-likeness (QED) is 0.154. The predicted molar refractivity (Wildman–Crippen MR) is 252 cm³/mol. The van der Waals surface area contributed by atoms with Gasteiger partial charge in [0.1, 0.15) is 0 Å². The van der Waals surface area contributed by atoms with Crippen molar-refractivity contribution in [3.05, 3.63) is 236 Å². The number of fused-ring (bicyclic) bond motifs is 3. The van der Waals surface area contributed by atoms with E-state index >= 15 is 0 Å². The van der Waals surface area contributed by atoms with Gasteiger partial charge in [-0.05, 0) is 109 Å². The summed E-state index contributed by atoms with van der Waals surface area (Å²) in [5.74, 6) is 1.89. The number of benzene rings is 9. The molecular weight excluding hydrogens is 739 g/mol. The molecule has 0 amide bonds. The molecular formula is C58H39N3. The standard InChI is InChI=1S/C58H39N3/c1-5-16-39(17-6-1)41-30-32-42(33-31-41)47-35-48(51-27-15-29-53-52-28-14-26-50(54(52)38-55(51)53)43-20-9-3-10-21-43)37-49(36-47)58-60-56(44-22-11-4-12-23-44)59-57(61-58)46-25-13-24-45(34-46)40-18-7-2-8-19-40/h1-37H,38H2. The molecule has 1 heterocycles. The zero-order valence-corrected chi connectivity index (χ0v) is 33.4. The van der Waals surface area contributed by atoms with Crippen LogP contribution in [0.4, 0.5) is 0 Å². The van der Waals surface area contributed by atoms with Gasteiger partial charge < -0.3 is 0 Å². The summed E-state index contributed by atoms with van der Waals surface area (Å²) < 4.78 is 0. The van der Waals surface area contributed by atoms with Gasteiger partial charge in [-0.25, -0.2) is 15.0 Å². The Balaban J connectivity index is 1.09. The van der Waals surface area contributed by atoms with Crippen molar-refractivity contribution in [1.29, 1.82) is 0 Å². The highest BCUT2D eigenvalue weighted by Crippen LogP contribution is 2.46. The Morgan fingerprint density at radius 1 is 0.213 bits per heavy atom. The fourth-order valence-electron chi connectivity index (χ4n) is 8.78. The van der Waals surface area contributed by atoms with E-state index in [1.807, 2.05) is 24.3 Å². The summed E-state index contributed by atoms with van der Waals surface area (Å²) in [6.07, 6.45) is 0.850. The second-order valence-corrected chi connectivity index (χ2v) is 15.6. The third-order valence-electron chi connectivity index (χ3n) is 11.8. The van der Waals surface area contributed by atoms with Crippen LogP contribution in [0.2, 0.25) is 0 Å². The fourth-order valence-corrected chi connectivity index (χ4v) is 8.78. The minimum Gasteiger partial charge on any atom is -0.208 e. The summed E-state index contributed by atoms with van der Waals surface area (Å²) in [6.45, 7) is 0. The lowest BCUT2D eigenvalue weighted by molar-refractivity contribution is 1.07. The SMILES string of the molecule is c1ccc(-c2ccc(-c3cc(-c4nc(-c5ccccc5)nc(-c5cccc(-c6ccccc6)c5)n4)cc(-c4cccc5c4Cc4c(-c6ccccc6)cccc4-5)c3)cc2)cc1. The molecule has 0 atom stereocenters. The molecule has 0 bridgehead atoms. The van der Waals surface area contributed by atoms with Crippen LogP contribution in [0.15, 0.2) is 224 Å². The molecule has 0 saturated carbocycles. The summed E-state index contributed by atoms with van der Waals surface area (Å²) in [6, 6.07) is 79.6. The minimum absolute atomic E-state index is 0.625. The Morgan fingerprint density at radius 3 is 1.15 bits per heavy atom. The van der Waals surface area contributed by atoms with Crippen LogP contribution < -0.4 is 0 Å². The first-order chi connectivity index (χ1) is 30.2. The number of nitrogens with zero attached hydrogens (tertiary/aromatic N) is 3. The van der Waals surface area contributed by atoms with Crippen molar-refractivity contribution >= 4 is 0 Å². The van der Waals surface area contributed by atoms with Gasteiger partial charge >= 0.3 is 0 Å². The van der Waals surface area contributed by atoms with Crippen molar-refractivity contribution in [2.75, 3.05) is 0 Å². The van der Waals surface area contributed by atoms with Crippen LogP contribution in [0.1, 0.15) is 11.1 Å². The van der Waals surface area contributed by atoms with Crippen LogP contribution in [0.3, 0.4) is 0 Å². The Kier molecular flexibility index (Phi) is 9.25. The van der Waals surface area contributed by atoms with E-state index in [9.17, 15) is 0 Å². The summed E-state index contributed by atoms with van der Waals surface area (Å²) in [5, 5.41) is 0. The molecule has 3 heteroatoms. The molecule has 10 aromatic rings. The topological polar surface area (TPSA) is 38.7 Å². The van der Waals surface area contributed by atoms with Crippen molar-refractivity contribution in [2.24, 2.45) is 0 Å². The average Bonchev–Trinajstić information content (AvgIpc) is 3.74. The number of hydrogen-bond acceptors (Lipinski definition) is 3. The smallest absolute Gasteiger partial charge is 0.164 e. The highest BCUT2D eigenvalue weighted by Gasteiger charge is 2.25. The molecule has 1 aliphatic rings. The van der Waals surface area contributed by atoms with Crippen molar-refractivity contribution in [2.45, 2.75) is 6.42 Å². The van der Waals surface area contributed by atoms with Gasteiger partial charge in [-0.1, -0.05) is 200 Å². The van der Waals surface area contributed by atoms with Crippen LogP contribution in [-0.4, -0.2) is 15.0 Å². The largest absolute Gasteiger partial charge is 0.208 e. The van der Waals surface area contributed by atoms with Gasteiger partial charge in [0, 0.05) is 16.7 Å². The summed E-state index contributed by atoms with van der Waals surface area (Å²) in [7, 11) is 0. The lowest BCUT2D eigenvalue weighted by atomic mass is 9.91. The lowest BCUT2D eigenvalue weighted by Crippen LogP contribution is -2.01. The van der Waals surface area contributed by atoms with Gasteiger partial charge in [-0.15, -0.1) is 0 Å². The first-order valence-corrected chi connectivity index (χ1v) is 20.8. The zero-order chi connectivity index (χ0) is 40.5. The Labute approximate surface area is 356 Å². The fraction of sp³-hybridized carbons (Fsp3) is 0.0172.